The summed E-state index contributed by atoms with van der Waals surface area (Å²) in [5.41, 5.74) is 0. The highest BCUT2D eigenvalue weighted by Gasteiger charge is 2.24. The smallest absolute Gasteiger partial charge is 0.0726 e. The van der Waals surface area contributed by atoms with Crippen molar-refractivity contribution in [3.05, 3.63) is 0 Å². The van der Waals surface area contributed by atoms with E-state index in [9.17, 15) is 0 Å². The maximum absolute atomic E-state index is 5.72. The van der Waals surface area contributed by atoms with E-state index >= 15 is 0 Å². The van der Waals surface area contributed by atoms with E-state index in [1.165, 1.54) is 38.8 Å². The molecule has 2 heterocycles. The quantitative estimate of drug-likeness (QED) is 0.814. The van der Waals surface area contributed by atoms with Gasteiger partial charge in [-0.05, 0) is 52.0 Å². The van der Waals surface area contributed by atoms with Crippen LogP contribution in [0.15, 0.2) is 0 Å². The predicted molar refractivity (Wildman–Crippen MR) is 75.9 cm³/mol. The first-order valence-corrected chi connectivity index (χ1v) is 7.76. The minimum atomic E-state index is 0.448. The molecule has 0 spiro atoms. The van der Waals surface area contributed by atoms with Gasteiger partial charge in [-0.3, -0.25) is 4.90 Å². The van der Waals surface area contributed by atoms with Crippen molar-refractivity contribution in [2.45, 2.75) is 64.6 Å². The lowest BCUT2D eigenvalue weighted by molar-refractivity contribution is 0.0794. The zero-order valence-corrected chi connectivity index (χ0v) is 12.3. The third-order valence-corrected chi connectivity index (χ3v) is 4.66. The molecular weight excluding hydrogens is 224 g/mol. The van der Waals surface area contributed by atoms with Gasteiger partial charge in [-0.15, -0.1) is 0 Å². The maximum atomic E-state index is 5.72. The summed E-state index contributed by atoms with van der Waals surface area (Å²) in [6.07, 6.45) is 5.64. The number of hydrogen-bond donors (Lipinski definition) is 1. The Bertz CT molecular complexity index is 241. The molecule has 0 amide bonds. The number of piperidine rings is 1. The van der Waals surface area contributed by atoms with Crippen LogP contribution in [0.4, 0.5) is 0 Å². The fourth-order valence-corrected chi connectivity index (χ4v) is 3.35. The molecular formula is C15H30N2O. The fraction of sp³-hybridized carbons (Fsp3) is 1.00. The molecule has 2 aliphatic rings. The van der Waals surface area contributed by atoms with Crippen molar-refractivity contribution in [2.24, 2.45) is 5.92 Å². The minimum absolute atomic E-state index is 0.448. The molecule has 0 aromatic carbocycles. The van der Waals surface area contributed by atoms with E-state index in [4.69, 9.17) is 4.74 Å². The lowest BCUT2D eigenvalue weighted by atomic mass is 9.93. The summed E-state index contributed by atoms with van der Waals surface area (Å²) in [5.74, 6) is 0.912. The van der Waals surface area contributed by atoms with Crippen molar-refractivity contribution in [2.75, 3.05) is 26.2 Å². The van der Waals surface area contributed by atoms with Gasteiger partial charge in [0.1, 0.15) is 0 Å². The number of nitrogens with zero attached hydrogens (tertiary/aromatic N) is 1. The summed E-state index contributed by atoms with van der Waals surface area (Å²) in [4.78, 5) is 2.63. The molecule has 106 valence electrons. The third kappa shape index (κ3) is 3.94. The van der Waals surface area contributed by atoms with Crippen molar-refractivity contribution >= 4 is 0 Å². The van der Waals surface area contributed by atoms with Crippen LogP contribution >= 0.6 is 0 Å². The molecule has 2 rings (SSSR count). The molecule has 0 aliphatic carbocycles. The van der Waals surface area contributed by atoms with Crippen molar-refractivity contribution in [1.29, 1.82) is 0 Å². The molecule has 0 radical (unpaired) electrons. The molecule has 4 atom stereocenters. The van der Waals surface area contributed by atoms with Crippen LogP contribution in [0.3, 0.4) is 0 Å². The Morgan fingerprint density at radius 3 is 2.83 bits per heavy atom. The number of likely N-dealkylation sites (tertiary alicyclic amines) is 1. The van der Waals surface area contributed by atoms with Crippen molar-refractivity contribution < 1.29 is 4.74 Å². The molecule has 2 aliphatic heterocycles. The van der Waals surface area contributed by atoms with E-state index < -0.39 is 0 Å². The largest absolute Gasteiger partial charge is 0.377 e. The first-order valence-electron chi connectivity index (χ1n) is 7.76. The molecule has 18 heavy (non-hydrogen) atoms. The van der Waals surface area contributed by atoms with Gasteiger partial charge in [-0.1, -0.05) is 6.92 Å². The van der Waals surface area contributed by atoms with Gasteiger partial charge in [0.05, 0.1) is 6.10 Å². The Balaban J connectivity index is 1.62. The molecule has 2 saturated heterocycles. The topological polar surface area (TPSA) is 24.5 Å². The van der Waals surface area contributed by atoms with Gasteiger partial charge in [-0.2, -0.15) is 0 Å². The van der Waals surface area contributed by atoms with Crippen molar-refractivity contribution in [3.8, 4) is 0 Å². The molecule has 2 fully saturated rings. The Hall–Kier alpha value is -0.120. The van der Waals surface area contributed by atoms with E-state index in [0.29, 0.717) is 12.1 Å². The van der Waals surface area contributed by atoms with Gasteiger partial charge in [0, 0.05) is 31.8 Å². The van der Waals surface area contributed by atoms with Crippen LogP contribution in [0, 0.1) is 5.92 Å². The average molecular weight is 254 g/mol. The zero-order valence-electron chi connectivity index (χ0n) is 12.3. The van der Waals surface area contributed by atoms with Gasteiger partial charge in [-0.25, -0.2) is 0 Å². The normalized spacial score (nSPS) is 35.8. The van der Waals surface area contributed by atoms with E-state index in [1.54, 1.807) is 0 Å². The van der Waals surface area contributed by atoms with Crippen LogP contribution in [0.5, 0.6) is 0 Å². The average Bonchev–Trinajstić information content (AvgIpc) is 2.85. The molecule has 0 saturated carbocycles. The van der Waals surface area contributed by atoms with Crippen LogP contribution in [0.1, 0.15) is 46.5 Å². The Labute approximate surface area is 112 Å². The number of hydrogen-bond acceptors (Lipinski definition) is 3. The summed E-state index contributed by atoms with van der Waals surface area (Å²) in [6, 6.07) is 1.26. The summed E-state index contributed by atoms with van der Waals surface area (Å²) in [6.45, 7) is 11.5. The van der Waals surface area contributed by atoms with Crippen LogP contribution in [-0.4, -0.2) is 49.3 Å². The number of nitrogens with one attached hydrogen (secondary N) is 1. The first-order chi connectivity index (χ1) is 8.66. The lowest BCUT2D eigenvalue weighted by Gasteiger charge is -2.36. The monoisotopic (exact) mass is 254 g/mol. The van der Waals surface area contributed by atoms with Crippen molar-refractivity contribution in [1.82, 2.24) is 10.2 Å². The second-order valence-electron chi connectivity index (χ2n) is 6.31. The maximum Gasteiger partial charge on any atom is 0.0726 e. The standard InChI is InChI=1S/C15H30N2O/c1-12-6-8-17(13(2)11-12)9-7-16-14(3)15-5-4-10-18-15/h12-16H,4-11H2,1-3H3. The van der Waals surface area contributed by atoms with E-state index in [1.807, 2.05) is 0 Å². The second kappa shape index (κ2) is 6.88. The predicted octanol–water partition coefficient (Wildman–Crippen LogP) is 2.26. The summed E-state index contributed by atoms with van der Waals surface area (Å²) in [7, 11) is 0. The van der Waals surface area contributed by atoms with Crippen LogP contribution < -0.4 is 5.32 Å². The Morgan fingerprint density at radius 1 is 1.33 bits per heavy atom. The van der Waals surface area contributed by atoms with Gasteiger partial charge < -0.3 is 10.1 Å². The second-order valence-corrected chi connectivity index (χ2v) is 6.31. The molecule has 3 heteroatoms. The Morgan fingerprint density at radius 2 is 2.17 bits per heavy atom. The molecule has 0 aromatic rings. The number of ether oxygens (including phenoxy) is 1. The summed E-state index contributed by atoms with van der Waals surface area (Å²) in [5, 5.41) is 3.64. The summed E-state index contributed by atoms with van der Waals surface area (Å²) < 4.78 is 5.72. The van der Waals surface area contributed by atoms with Crippen LogP contribution in [-0.2, 0) is 4.74 Å². The Kier molecular flexibility index (Phi) is 5.46. The molecule has 0 aromatic heterocycles. The highest BCUT2D eigenvalue weighted by atomic mass is 16.5. The van der Waals surface area contributed by atoms with Crippen LogP contribution in [0.2, 0.25) is 0 Å². The van der Waals surface area contributed by atoms with Gasteiger partial charge in [0.25, 0.3) is 0 Å². The molecule has 4 unspecified atom stereocenters. The van der Waals surface area contributed by atoms with Crippen LogP contribution in [0.25, 0.3) is 0 Å². The molecule has 1 N–H and O–H groups in total. The highest BCUT2D eigenvalue weighted by molar-refractivity contribution is 4.80. The molecule has 3 nitrogen and oxygen atoms in total. The molecule has 0 bridgehead atoms. The summed E-state index contributed by atoms with van der Waals surface area (Å²) >= 11 is 0. The highest BCUT2D eigenvalue weighted by Crippen LogP contribution is 2.21. The fourth-order valence-electron chi connectivity index (χ4n) is 3.35. The third-order valence-electron chi connectivity index (χ3n) is 4.66. The minimum Gasteiger partial charge on any atom is -0.377 e. The van der Waals surface area contributed by atoms with E-state index in [2.05, 4.69) is 31.0 Å². The van der Waals surface area contributed by atoms with Gasteiger partial charge >= 0.3 is 0 Å². The van der Waals surface area contributed by atoms with Gasteiger partial charge in [0.15, 0.2) is 0 Å². The van der Waals surface area contributed by atoms with Crippen molar-refractivity contribution in [3.63, 3.8) is 0 Å². The first kappa shape index (κ1) is 14.3. The lowest BCUT2D eigenvalue weighted by Crippen LogP contribution is -2.46. The number of rotatable bonds is 5. The van der Waals surface area contributed by atoms with E-state index in [-0.39, 0.29) is 0 Å². The van der Waals surface area contributed by atoms with Gasteiger partial charge in [0.2, 0.25) is 0 Å². The van der Waals surface area contributed by atoms with E-state index in [0.717, 1.165) is 25.1 Å². The SMILES string of the molecule is CC1CCN(CCNC(C)C2CCCO2)C(C)C1. The zero-order chi connectivity index (χ0) is 13.0.